The summed E-state index contributed by atoms with van der Waals surface area (Å²) in [4.78, 5) is 22.4. The van der Waals surface area contributed by atoms with E-state index < -0.39 is 0 Å². The molecular formula is C26H28N6O. The Kier molecular flexibility index (Phi) is 4.97. The molecule has 6 rings (SSSR count). The SMILES string of the molecule is C[C@@H]1CN(c2nc3ccccc3c3nnc(Cc4ccccc4)n23)CCN1C(=O)C1CCC1. The summed E-state index contributed by atoms with van der Waals surface area (Å²) in [6, 6.07) is 18.6. The fourth-order valence-electron chi connectivity index (χ4n) is 5.08. The third-order valence-electron chi connectivity index (χ3n) is 7.15. The quantitative estimate of drug-likeness (QED) is 0.484. The summed E-state index contributed by atoms with van der Waals surface area (Å²) in [6.45, 7) is 4.38. The first kappa shape index (κ1) is 20.1. The number of hydrogen-bond acceptors (Lipinski definition) is 5. The standard InChI is InChI=1S/C26H28N6O/c1-18-17-30(14-15-31(18)25(33)20-10-7-11-20)26-27-22-13-6-5-12-21(22)24-29-28-23(32(24)26)16-19-8-3-2-4-9-19/h2-6,8-9,12-13,18,20H,7,10-11,14-17H2,1H3/t18-/m1/s1. The maximum absolute atomic E-state index is 12.9. The van der Waals surface area contributed by atoms with Crippen LogP contribution >= 0.6 is 0 Å². The Labute approximate surface area is 193 Å². The summed E-state index contributed by atoms with van der Waals surface area (Å²) in [6.07, 6.45) is 3.95. The van der Waals surface area contributed by atoms with Gasteiger partial charge >= 0.3 is 0 Å². The fraction of sp³-hybridized carbons (Fsp3) is 0.385. The van der Waals surface area contributed by atoms with Crippen LogP contribution in [0.3, 0.4) is 0 Å². The molecule has 0 unspecified atom stereocenters. The van der Waals surface area contributed by atoms with Crippen molar-refractivity contribution in [1.29, 1.82) is 0 Å². The highest BCUT2D eigenvalue weighted by Crippen LogP contribution is 2.31. The first-order valence-corrected chi connectivity index (χ1v) is 11.9. The van der Waals surface area contributed by atoms with E-state index in [1.807, 2.05) is 36.4 Å². The molecule has 4 aromatic rings. The van der Waals surface area contributed by atoms with Crippen LogP contribution in [0.4, 0.5) is 5.95 Å². The summed E-state index contributed by atoms with van der Waals surface area (Å²) in [5, 5.41) is 10.2. The molecule has 3 heterocycles. The number of nitrogens with zero attached hydrogens (tertiary/aromatic N) is 6. The van der Waals surface area contributed by atoms with Crippen molar-refractivity contribution in [2.45, 2.75) is 38.6 Å². The summed E-state index contributed by atoms with van der Waals surface area (Å²) < 4.78 is 2.12. The largest absolute Gasteiger partial charge is 0.338 e. The highest BCUT2D eigenvalue weighted by atomic mass is 16.2. The van der Waals surface area contributed by atoms with Gasteiger partial charge in [0, 0.05) is 43.4 Å². The zero-order valence-electron chi connectivity index (χ0n) is 18.9. The molecule has 0 radical (unpaired) electrons. The second kappa shape index (κ2) is 8.14. The second-order valence-corrected chi connectivity index (χ2v) is 9.32. The summed E-state index contributed by atoms with van der Waals surface area (Å²) in [5.41, 5.74) is 2.94. The van der Waals surface area contributed by atoms with Crippen molar-refractivity contribution < 1.29 is 4.79 Å². The Morgan fingerprint density at radius 2 is 1.79 bits per heavy atom. The number of carbonyl (C=O) groups excluding carboxylic acids is 1. The average Bonchev–Trinajstić information content (AvgIpc) is 3.22. The Hall–Kier alpha value is -3.48. The third-order valence-corrected chi connectivity index (χ3v) is 7.15. The van der Waals surface area contributed by atoms with E-state index in [0.29, 0.717) is 12.3 Å². The van der Waals surface area contributed by atoms with Crippen LogP contribution in [0.15, 0.2) is 54.6 Å². The number of hydrogen-bond donors (Lipinski definition) is 0. The molecule has 0 spiro atoms. The van der Waals surface area contributed by atoms with Gasteiger partial charge in [0.25, 0.3) is 0 Å². The van der Waals surface area contributed by atoms with Gasteiger partial charge in [-0.15, -0.1) is 10.2 Å². The smallest absolute Gasteiger partial charge is 0.226 e. The van der Waals surface area contributed by atoms with Crippen LogP contribution in [0.5, 0.6) is 0 Å². The van der Waals surface area contributed by atoms with E-state index >= 15 is 0 Å². The van der Waals surface area contributed by atoms with Crippen LogP contribution < -0.4 is 4.90 Å². The normalized spacial score (nSPS) is 19.2. The molecule has 1 saturated carbocycles. The average molecular weight is 441 g/mol. The van der Waals surface area contributed by atoms with Gasteiger partial charge in [-0.2, -0.15) is 0 Å². The van der Waals surface area contributed by atoms with Gasteiger partial charge in [-0.3, -0.25) is 4.79 Å². The molecule has 7 heteroatoms. The van der Waals surface area contributed by atoms with Crippen molar-refractivity contribution in [3.63, 3.8) is 0 Å². The van der Waals surface area contributed by atoms with E-state index in [1.54, 1.807) is 0 Å². The predicted octanol–water partition coefficient (Wildman–Crippen LogP) is 3.71. The van der Waals surface area contributed by atoms with Gasteiger partial charge in [-0.1, -0.05) is 48.9 Å². The van der Waals surface area contributed by atoms with Gasteiger partial charge in [0.2, 0.25) is 11.9 Å². The minimum atomic E-state index is 0.143. The van der Waals surface area contributed by atoms with E-state index in [9.17, 15) is 4.79 Å². The summed E-state index contributed by atoms with van der Waals surface area (Å²) in [5.74, 6) is 2.31. The molecule has 1 amide bonds. The van der Waals surface area contributed by atoms with Gasteiger partial charge in [-0.25, -0.2) is 9.38 Å². The molecule has 0 bridgehead atoms. The molecule has 7 nitrogen and oxygen atoms in total. The lowest BCUT2D eigenvalue weighted by atomic mass is 9.84. The molecule has 2 aliphatic rings. The number of benzene rings is 2. The zero-order chi connectivity index (χ0) is 22.4. The monoisotopic (exact) mass is 440 g/mol. The first-order valence-electron chi connectivity index (χ1n) is 11.9. The Bertz CT molecular complexity index is 1310. The molecule has 2 aromatic carbocycles. The minimum Gasteiger partial charge on any atom is -0.338 e. The van der Waals surface area contributed by atoms with Crippen LogP contribution in [0.25, 0.3) is 16.6 Å². The van der Waals surface area contributed by atoms with E-state index in [0.717, 1.165) is 60.8 Å². The Balaban J connectivity index is 1.39. The van der Waals surface area contributed by atoms with Crippen LogP contribution in [0.1, 0.15) is 37.6 Å². The van der Waals surface area contributed by atoms with Gasteiger partial charge < -0.3 is 9.80 Å². The third kappa shape index (κ3) is 3.52. The molecule has 1 saturated heterocycles. The van der Waals surface area contributed by atoms with Crippen molar-refractivity contribution in [1.82, 2.24) is 24.5 Å². The van der Waals surface area contributed by atoms with E-state index in [1.165, 1.54) is 12.0 Å². The maximum atomic E-state index is 12.9. The molecule has 168 valence electrons. The van der Waals surface area contributed by atoms with E-state index in [-0.39, 0.29) is 12.0 Å². The van der Waals surface area contributed by atoms with Gasteiger partial charge in [0.1, 0.15) is 5.82 Å². The topological polar surface area (TPSA) is 66.6 Å². The molecule has 1 aliphatic heterocycles. The van der Waals surface area contributed by atoms with Crippen molar-refractivity contribution in [2.75, 3.05) is 24.5 Å². The van der Waals surface area contributed by atoms with Gasteiger partial charge in [-0.05, 0) is 37.5 Å². The van der Waals surface area contributed by atoms with Crippen LogP contribution in [0, 0.1) is 5.92 Å². The lowest BCUT2D eigenvalue weighted by Gasteiger charge is -2.43. The Morgan fingerprint density at radius 3 is 2.55 bits per heavy atom. The number of para-hydroxylation sites is 1. The van der Waals surface area contributed by atoms with Crippen molar-refractivity contribution in [3.05, 3.63) is 66.0 Å². The van der Waals surface area contributed by atoms with Crippen LogP contribution in [0.2, 0.25) is 0 Å². The molecular weight excluding hydrogens is 412 g/mol. The highest BCUT2D eigenvalue weighted by molar-refractivity contribution is 5.92. The number of fused-ring (bicyclic) bond motifs is 3. The van der Waals surface area contributed by atoms with E-state index in [2.05, 4.69) is 49.5 Å². The molecule has 0 N–H and O–H groups in total. The van der Waals surface area contributed by atoms with Crippen molar-refractivity contribution in [3.8, 4) is 0 Å². The molecule has 2 aromatic heterocycles. The number of piperazine rings is 1. The van der Waals surface area contributed by atoms with Crippen molar-refractivity contribution in [2.24, 2.45) is 5.92 Å². The van der Waals surface area contributed by atoms with Crippen molar-refractivity contribution >= 4 is 28.4 Å². The first-order chi connectivity index (χ1) is 16.2. The lowest BCUT2D eigenvalue weighted by molar-refractivity contribution is -0.140. The van der Waals surface area contributed by atoms with Gasteiger partial charge in [0.05, 0.1) is 5.52 Å². The molecule has 33 heavy (non-hydrogen) atoms. The van der Waals surface area contributed by atoms with Crippen LogP contribution in [-0.2, 0) is 11.2 Å². The molecule has 2 fully saturated rings. The molecule has 1 atom stereocenters. The molecule has 1 aliphatic carbocycles. The maximum Gasteiger partial charge on any atom is 0.226 e. The highest BCUT2D eigenvalue weighted by Gasteiger charge is 2.35. The number of aromatic nitrogens is 4. The number of anilines is 1. The second-order valence-electron chi connectivity index (χ2n) is 9.32. The summed E-state index contributed by atoms with van der Waals surface area (Å²) in [7, 11) is 0. The van der Waals surface area contributed by atoms with E-state index in [4.69, 9.17) is 4.98 Å². The summed E-state index contributed by atoms with van der Waals surface area (Å²) >= 11 is 0. The Morgan fingerprint density at radius 1 is 1.00 bits per heavy atom. The number of rotatable bonds is 4. The van der Waals surface area contributed by atoms with Gasteiger partial charge in [0.15, 0.2) is 5.65 Å². The number of carbonyl (C=O) groups is 1. The number of amides is 1. The zero-order valence-corrected chi connectivity index (χ0v) is 18.9. The lowest BCUT2D eigenvalue weighted by Crippen LogP contribution is -2.56. The van der Waals surface area contributed by atoms with Crippen LogP contribution in [-0.4, -0.2) is 56.1 Å². The fourth-order valence-corrected chi connectivity index (χ4v) is 5.08. The minimum absolute atomic E-state index is 0.143. The predicted molar refractivity (Wildman–Crippen MR) is 128 cm³/mol.